The standard InChI is InChI=1S/3ClH.2Hg.K/h3*1H;;;/q;;;3*+1/p-3. The molecule has 0 aliphatic carbocycles. The summed E-state index contributed by atoms with van der Waals surface area (Å²) in [4.78, 5) is 0. The van der Waals surface area contributed by atoms with Gasteiger partial charge in [-0.25, -0.2) is 0 Å². The maximum absolute atomic E-state index is 4.83. The van der Waals surface area contributed by atoms with Crippen LogP contribution in [0.1, 0.15) is 0 Å². The first-order valence-electron chi connectivity index (χ1n) is 0.267. The molecule has 0 heterocycles. The van der Waals surface area contributed by atoms with Crippen LogP contribution < -0.4 is 76.2 Å². The van der Waals surface area contributed by atoms with Crippen LogP contribution in [0.3, 0.4) is 0 Å². The molecular weight excluding hydrogens is 547 g/mol. The average Bonchev–Trinajstić information content (AvgIpc) is 1.00. The Balaban J connectivity index is -0.000000000833. The average molecular weight is 547 g/mol. The van der Waals surface area contributed by atoms with Gasteiger partial charge >= 0.3 is 112 Å². The van der Waals surface area contributed by atoms with Crippen LogP contribution in [0.5, 0.6) is 0 Å². The number of hydrogen-bond acceptors (Lipinski definition) is 0. The summed E-state index contributed by atoms with van der Waals surface area (Å²) in [5, 5.41) is 0. The van der Waals surface area contributed by atoms with E-state index in [2.05, 4.69) is 0 Å². The predicted molar refractivity (Wildman–Crippen MR) is 5.85 cm³/mol. The van der Waals surface area contributed by atoms with E-state index in [1.54, 1.807) is 0 Å². The van der Waals surface area contributed by atoms with Gasteiger partial charge in [-0.3, -0.25) is 0 Å². The molecule has 0 fully saturated rings. The molecule has 6 heavy (non-hydrogen) atoms. The third-order valence-electron chi connectivity index (χ3n) is 0. The summed E-state index contributed by atoms with van der Waals surface area (Å²) in [6, 6.07) is 0. The molecule has 0 rings (SSSR count). The van der Waals surface area contributed by atoms with Gasteiger partial charge in [0.15, 0.2) is 0 Å². The fourth-order valence-electron chi connectivity index (χ4n) is 0. The zero-order chi connectivity index (χ0) is 2.00. The van der Waals surface area contributed by atoms with E-state index in [1.165, 1.54) is 0 Å². The van der Waals surface area contributed by atoms with Crippen LogP contribution in [0.25, 0.3) is 0 Å². The van der Waals surface area contributed by atoms with E-state index >= 15 is 0 Å². The van der Waals surface area contributed by atoms with E-state index in [9.17, 15) is 0 Å². The Morgan fingerprint density at radius 1 is 1.00 bits per heavy atom. The minimum atomic E-state index is 0. The monoisotopic (exact) mass is 548 g/mol. The maximum atomic E-state index is 4.83. The van der Waals surface area contributed by atoms with Crippen molar-refractivity contribution in [1.82, 2.24) is 0 Å². The van der Waals surface area contributed by atoms with Crippen molar-refractivity contribution in [3.63, 3.8) is 0 Å². The fourth-order valence-corrected chi connectivity index (χ4v) is 0. The van der Waals surface area contributed by atoms with Crippen LogP contribution in [-0.4, -0.2) is 0 Å². The van der Waals surface area contributed by atoms with Crippen LogP contribution in [-0.2, 0) is 52.6 Å². The molecule has 0 aliphatic rings. The van der Waals surface area contributed by atoms with Crippen LogP contribution in [0.15, 0.2) is 0 Å². The quantitative estimate of drug-likeness (QED) is 0.265. The normalized spacial score (nSPS) is 1.17. The second kappa shape index (κ2) is 34.3. The van der Waals surface area contributed by atoms with E-state index < -0.39 is 0 Å². The fraction of sp³-hybridized carbons (Fsp3) is 0. The van der Waals surface area contributed by atoms with Gasteiger partial charge in [-0.2, -0.15) is 0 Å². The van der Waals surface area contributed by atoms with E-state index in [-0.39, 0.29) is 104 Å². The molecule has 1 radical (unpaired) electrons. The number of rotatable bonds is 0. The Labute approximate surface area is 133 Å². The van der Waals surface area contributed by atoms with Crippen LogP contribution in [0.4, 0.5) is 0 Å². The molecule has 0 amide bonds. The summed E-state index contributed by atoms with van der Waals surface area (Å²) in [7, 11) is 4.83. The third kappa shape index (κ3) is 23.8. The molecule has 0 saturated heterocycles. The van der Waals surface area contributed by atoms with Crippen LogP contribution in [0.2, 0.25) is 0 Å². The van der Waals surface area contributed by atoms with E-state index in [4.69, 9.17) is 8.25 Å². The molecule has 0 bridgehead atoms. The van der Waals surface area contributed by atoms with Crippen molar-refractivity contribution in [2.24, 2.45) is 0 Å². The summed E-state index contributed by atoms with van der Waals surface area (Å²) in [6.07, 6.45) is 0. The zero-order valence-corrected chi connectivity index (χ0v) is 19.9. The van der Waals surface area contributed by atoms with Gasteiger partial charge in [0.25, 0.3) is 0 Å². The summed E-state index contributed by atoms with van der Waals surface area (Å²) in [5.74, 6) is 0. The summed E-state index contributed by atoms with van der Waals surface area (Å²) in [6.45, 7) is 0. The van der Waals surface area contributed by atoms with E-state index in [1.807, 2.05) is 0 Å². The first-order valence-corrected chi connectivity index (χ1v) is 7.04. The van der Waals surface area contributed by atoms with Crippen LogP contribution in [0, 0.1) is 0 Å². The zero-order valence-electron chi connectivity index (χ0n) is 3.55. The molecule has 0 aromatic rings. The Bertz CT molecular complexity index is 8.75. The molecule has 0 unspecified atom stereocenters. The molecule has 0 N–H and O–H groups in total. The van der Waals surface area contributed by atoms with Gasteiger partial charge in [0.1, 0.15) is 0 Å². The molecule has 0 spiro atoms. The van der Waals surface area contributed by atoms with Crippen molar-refractivity contribution < 1.29 is 129 Å². The smallest absolute Gasteiger partial charge is 1.00 e. The topological polar surface area (TPSA) is 0 Å². The molecule has 0 nitrogen and oxygen atoms in total. The Morgan fingerprint density at radius 3 is 1.00 bits per heavy atom. The van der Waals surface area contributed by atoms with Gasteiger partial charge in [0.2, 0.25) is 0 Å². The first-order chi connectivity index (χ1) is 1.00. The molecule has 26 valence electrons. The molecule has 0 aromatic carbocycles. The summed E-state index contributed by atoms with van der Waals surface area (Å²) >= 11 is 0.500. The first kappa shape index (κ1) is 31.6. The van der Waals surface area contributed by atoms with Gasteiger partial charge in [-0.1, -0.05) is 0 Å². The largest absolute Gasteiger partial charge is 1.00 e. The minimum Gasteiger partial charge on any atom is 1.00 e. The van der Waals surface area contributed by atoms with E-state index in [0.717, 1.165) is 0 Å². The van der Waals surface area contributed by atoms with Crippen LogP contribution >= 0.6 is 8.25 Å². The van der Waals surface area contributed by atoms with Crippen molar-refractivity contribution in [3.05, 3.63) is 0 Å². The predicted octanol–water partition coefficient (Wildman–Crippen LogP) is -8.30. The molecule has 0 aromatic heterocycles. The second-order valence-electron chi connectivity index (χ2n) is 0. The Kier molecular flexibility index (Phi) is 181. The van der Waals surface area contributed by atoms with Gasteiger partial charge in [-0.05, 0) is 0 Å². The molecule has 6 heteroatoms. The molecular formula is Cl3Hg2K. The van der Waals surface area contributed by atoms with Gasteiger partial charge < -0.3 is 24.8 Å². The minimum absolute atomic E-state index is 0. The Hall–Kier alpha value is 4.38. The molecule has 0 atom stereocenters. The number of halogens is 3. The summed E-state index contributed by atoms with van der Waals surface area (Å²) in [5.41, 5.74) is 0. The van der Waals surface area contributed by atoms with Gasteiger partial charge in [0.05, 0.1) is 0 Å². The summed E-state index contributed by atoms with van der Waals surface area (Å²) < 4.78 is 0. The van der Waals surface area contributed by atoms with Gasteiger partial charge in [0, 0.05) is 0 Å². The maximum Gasteiger partial charge on any atom is 1.00 e. The Morgan fingerprint density at radius 2 is 1.00 bits per heavy atom. The molecule has 0 saturated carbocycles. The van der Waals surface area contributed by atoms with E-state index in [0.29, 0.717) is 24.9 Å². The third-order valence-corrected chi connectivity index (χ3v) is 0. The van der Waals surface area contributed by atoms with Crippen molar-refractivity contribution in [3.8, 4) is 0 Å². The van der Waals surface area contributed by atoms with Crippen molar-refractivity contribution in [2.45, 2.75) is 0 Å². The van der Waals surface area contributed by atoms with Crippen molar-refractivity contribution >= 4 is 8.25 Å². The van der Waals surface area contributed by atoms with Gasteiger partial charge in [-0.15, -0.1) is 0 Å². The SMILES string of the molecule is [Cl-].[Cl-].[Cl][Hg].[Hg+].[K+]. The second-order valence-corrected chi connectivity index (χ2v) is 0. The molecule has 0 aliphatic heterocycles. The number of hydrogen-bond donors (Lipinski definition) is 0. The van der Waals surface area contributed by atoms with Crippen molar-refractivity contribution in [1.29, 1.82) is 0 Å². The van der Waals surface area contributed by atoms with Crippen molar-refractivity contribution in [2.75, 3.05) is 0 Å².